The number of hydrogen-bond acceptors (Lipinski definition) is 2. The zero-order valence-electron chi connectivity index (χ0n) is 12.7. The number of halogens is 1. The number of amides is 1. The van der Waals surface area contributed by atoms with Crippen LogP contribution < -0.4 is 5.32 Å². The predicted molar refractivity (Wildman–Crippen MR) is 87.2 cm³/mol. The van der Waals surface area contributed by atoms with E-state index in [9.17, 15) is 14.7 Å². The van der Waals surface area contributed by atoms with Crippen LogP contribution in [-0.2, 0) is 9.59 Å². The van der Waals surface area contributed by atoms with Gasteiger partial charge in [-0.2, -0.15) is 0 Å². The molecule has 120 valence electrons. The normalized spacial score (nSPS) is 36.4. The summed E-state index contributed by atoms with van der Waals surface area (Å²) in [6.45, 7) is 1.90. The number of hydrogen-bond donors (Lipinski definition) is 2. The van der Waals surface area contributed by atoms with Gasteiger partial charge in [0, 0.05) is 10.7 Å². The van der Waals surface area contributed by atoms with Crippen LogP contribution in [0.25, 0.3) is 0 Å². The lowest BCUT2D eigenvalue weighted by atomic mass is 9.62. The van der Waals surface area contributed by atoms with E-state index in [2.05, 4.69) is 11.4 Å². The van der Waals surface area contributed by atoms with E-state index < -0.39 is 17.8 Å². The highest BCUT2D eigenvalue weighted by Crippen LogP contribution is 2.63. The van der Waals surface area contributed by atoms with Gasteiger partial charge in [-0.05, 0) is 54.7 Å². The van der Waals surface area contributed by atoms with Crippen molar-refractivity contribution >= 4 is 29.2 Å². The first kappa shape index (κ1) is 14.8. The molecule has 0 spiro atoms. The fraction of sp³-hybridized carbons (Fsp3) is 0.444. The Balaban J connectivity index is 1.60. The van der Waals surface area contributed by atoms with Gasteiger partial charge in [0.15, 0.2) is 0 Å². The molecule has 1 aromatic carbocycles. The first-order valence-corrected chi connectivity index (χ1v) is 8.33. The number of nitrogens with one attached hydrogen (secondary N) is 1. The maximum absolute atomic E-state index is 12.8. The molecule has 6 atom stereocenters. The number of carbonyl (C=O) groups is 2. The second kappa shape index (κ2) is 5.10. The Morgan fingerprint density at radius 1 is 1.17 bits per heavy atom. The number of carboxylic acids is 1. The zero-order chi connectivity index (χ0) is 16.3. The second-order valence-electron chi connectivity index (χ2n) is 6.95. The van der Waals surface area contributed by atoms with Crippen molar-refractivity contribution in [2.45, 2.75) is 13.3 Å². The SMILES string of the molecule is Cc1ccc(NC(=O)[C@@H]2[C@@H]3C=C[C@H]([C@H]4C[C@H]34)[C@@H]2C(=O)O)cc1Cl. The number of aliphatic carboxylic acids is 1. The molecule has 2 bridgehead atoms. The first-order valence-electron chi connectivity index (χ1n) is 7.95. The molecule has 2 fully saturated rings. The summed E-state index contributed by atoms with van der Waals surface area (Å²) < 4.78 is 0. The molecule has 5 rings (SSSR count). The Kier molecular flexibility index (Phi) is 3.27. The number of carbonyl (C=O) groups excluding carboxylic acids is 1. The van der Waals surface area contributed by atoms with Crippen LogP contribution in [0.1, 0.15) is 12.0 Å². The maximum Gasteiger partial charge on any atom is 0.307 e. The van der Waals surface area contributed by atoms with E-state index in [4.69, 9.17) is 11.6 Å². The van der Waals surface area contributed by atoms with Crippen LogP contribution in [0.15, 0.2) is 30.4 Å². The van der Waals surface area contributed by atoms with Crippen molar-refractivity contribution in [1.82, 2.24) is 0 Å². The van der Waals surface area contributed by atoms with Crippen LogP contribution >= 0.6 is 11.6 Å². The largest absolute Gasteiger partial charge is 0.481 e. The van der Waals surface area contributed by atoms with Crippen molar-refractivity contribution in [2.24, 2.45) is 35.5 Å². The Morgan fingerprint density at radius 2 is 1.83 bits per heavy atom. The average Bonchev–Trinajstić information content (AvgIpc) is 3.32. The van der Waals surface area contributed by atoms with Gasteiger partial charge in [0.1, 0.15) is 0 Å². The summed E-state index contributed by atoms with van der Waals surface area (Å²) in [5.41, 5.74) is 1.56. The highest BCUT2D eigenvalue weighted by atomic mass is 35.5. The molecule has 1 amide bonds. The van der Waals surface area contributed by atoms with E-state index in [1.807, 2.05) is 19.1 Å². The van der Waals surface area contributed by atoms with E-state index in [-0.39, 0.29) is 17.7 Å². The molecule has 4 nitrogen and oxygen atoms in total. The molecule has 2 saturated carbocycles. The maximum atomic E-state index is 12.8. The number of anilines is 1. The molecule has 0 saturated heterocycles. The van der Waals surface area contributed by atoms with Crippen molar-refractivity contribution in [3.05, 3.63) is 40.9 Å². The summed E-state index contributed by atoms with van der Waals surface area (Å²) in [5.74, 6) is -1.19. The number of allylic oxidation sites excluding steroid dienone is 2. The molecule has 23 heavy (non-hydrogen) atoms. The molecule has 2 N–H and O–H groups in total. The summed E-state index contributed by atoms with van der Waals surface area (Å²) in [5, 5.41) is 13.1. The molecule has 0 aromatic heterocycles. The third-order valence-corrected chi connectivity index (χ3v) is 6.09. The number of fused-ring (bicyclic) bond motifs is 1. The standard InChI is InChI=1S/C18H18ClNO3/c1-8-2-3-9(6-14(8)19)20-17(21)15-10-4-5-11(13-7-12(10)13)16(15)18(22)23/h2-6,10-13,15-16H,7H2,1H3,(H,20,21)(H,22,23)/t10-,11-,12-,13-,15-,16+/m1/s1. The molecular weight excluding hydrogens is 314 g/mol. The van der Waals surface area contributed by atoms with Crippen molar-refractivity contribution in [2.75, 3.05) is 5.32 Å². The van der Waals surface area contributed by atoms with E-state index in [1.54, 1.807) is 12.1 Å². The fourth-order valence-electron chi connectivity index (χ4n) is 4.47. The van der Waals surface area contributed by atoms with E-state index in [0.29, 0.717) is 22.5 Å². The first-order chi connectivity index (χ1) is 11.0. The number of aryl methyl sites for hydroxylation is 1. The van der Waals surface area contributed by atoms with Gasteiger partial charge in [0.05, 0.1) is 11.8 Å². The lowest BCUT2D eigenvalue weighted by molar-refractivity contribution is -0.152. The number of carboxylic acid groups (broad SMARTS) is 1. The Hall–Kier alpha value is -1.81. The third-order valence-electron chi connectivity index (χ3n) is 5.68. The quantitative estimate of drug-likeness (QED) is 0.835. The van der Waals surface area contributed by atoms with Gasteiger partial charge < -0.3 is 10.4 Å². The van der Waals surface area contributed by atoms with Crippen LogP contribution in [-0.4, -0.2) is 17.0 Å². The minimum Gasteiger partial charge on any atom is -0.481 e. The number of benzene rings is 1. The summed E-state index contributed by atoms with van der Waals surface area (Å²) in [4.78, 5) is 24.5. The second-order valence-corrected chi connectivity index (χ2v) is 7.35. The molecular formula is C18H18ClNO3. The monoisotopic (exact) mass is 331 g/mol. The van der Waals surface area contributed by atoms with Gasteiger partial charge in [-0.3, -0.25) is 9.59 Å². The van der Waals surface area contributed by atoms with Gasteiger partial charge in [-0.1, -0.05) is 29.8 Å². The fourth-order valence-corrected chi connectivity index (χ4v) is 4.65. The van der Waals surface area contributed by atoms with Gasteiger partial charge >= 0.3 is 5.97 Å². The van der Waals surface area contributed by atoms with E-state index in [0.717, 1.165) is 12.0 Å². The molecule has 1 aromatic rings. The average molecular weight is 332 g/mol. The van der Waals surface area contributed by atoms with Crippen LogP contribution in [0, 0.1) is 42.4 Å². The lowest BCUT2D eigenvalue weighted by Crippen LogP contribution is -2.48. The Bertz CT molecular complexity index is 729. The van der Waals surface area contributed by atoms with Gasteiger partial charge in [0.2, 0.25) is 5.91 Å². The van der Waals surface area contributed by atoms with E-state index in [1.165, 1.54) is 0 Å². The highest BCUT2D eigenvalue weighted by molar-refractivity contribution is 6.31. The number of rotatable bonds is 3. The minimum atomic E-state index is -0.864. The van der Waals surface area contributed by atoms with Crippen molar-refractivity contribution in [1.29, 1.82) is 0 Å². The lowest BCUT2D eigenvalue weighted by Gasteiger charge is -2.41. The van der Waals surface area contributed by atoms with Crippen LogP contribution in [0.3, 0.4) is 0 Å². The van der Waals surface area contributed by atoms with Crippen LogP contribution in [0.2, 0.25) is 5.02 Å². The van der Waals surface area contributed by atoms with Gasteiger partial charge in [-0.25, -0.2) is 0 Å². The molecule has 0 radical (unpaired) electrons. The zero-order valence-corrected chi connectivity index (χ0v) is 13.5. The molecule has 0 heterocycles. The Labute approximate surface area is 139 Å². The summed E-state index contributed by atoms with van der Waals surface area (Å²) >= 11 is 6.10. The molecule has 0 unspecified atom stereocenters. The van der Waals surface area contributed by atoms with Gasteiger partial charge in [0.25, 0.3) is 0 Å². The van der Waals surface area contributed by atoms with Crippen molar-refractivity contribution in [3.8, 4) is 0 Å². The van der Waals surface area contributed by atoms with Crippen LogP contribution in [0.4, 0.5) is 5.69 Å². The third kappa shape index (κ3) is 2.27. The molecule has 4 aliphatic rings. The minimum absolute atomic E-state index is 0.000134. The predicted octanol–water partition coefficient (Wildman–Crippen LogP) is 3.36. The van der Waals surface area contributed by atoms with Gasteiger partial charge in [-0.15, -0.1) is 0 Å². The van der Waals surface area contributed by atoms with Crippen molar-refractivity contribution in [3.63, 3.8) is 0 Å². The topological polar surface area (TPSA) is 66.4 Å². The van der Waals surface area contributed by atoms with Crippen molar-refractivity contribution < 1.29 is 14.7 Å². The summed E-state index contributed by atoms with van der Waals surface area (Å²) in [7, 11) is 0. The smallest absolute Gasteiger partial charge is 0.307 e. The van der Waals surface area contributed by atoms with Crippen LogP contribution in [0.5, 0.6) is 0 Å². The Morgan fingerprint density at radius 3 is 2.43 bits per heavy atom. The summed E-state index contributed by atoms with van der Waals surface area (Å²) in [6, 6.07) is 5.35. The summed E-state index contributed by atoms with van der Waals surface area (Å²) in [6.07, 6.45) is 5.13. The molecule has 0 aliphatic heterocycles. The molecule has 5 heteroatoms. The molecule has 4 aliphatic carbocycles. The van der Waals surface area contributed by atoms with E-state index >= 15 is 0 Å². The highest BCUT2D eigenvalue weighted by Gasteiger charge is 2.62.